The van der Waals surface area contributed by atoms with Crippen molar-refractivity contribution in [3.63, 3.8) is 0 Å². The third-order valence-electron chi connectivity index (χ3n) is 1.83. The van der Waals surface area contributed by atoms with Gasteiger partial charge in [-0.1, -0.05) is 18.2 Å². The summed E-state index contributed by atoms with van der Waals surface area (Å²) in [4.78, 5) is 5.09. The lowest BCUT2D eigenvalue weighted by Gasteiger charge is -2.06. The Labute approximate surface area is 88.4 Å². The molecule has 0 aliphatic heterocycles. The van der Waals surface area contributed by atoms with Crippen molar-refractivity contribution in [3.05, 3.63) is 48.7 Å². The molecular weight excluding hydrogens is 192 g/mol. The van der Waals surface area contributed by atoms with E-state index in [4.69, 9.17) is 0 Å². The van der Waals surface area contributed by atoms with Crippen LogP contribution in [0, 0.1) is 0 Å². The van der Waals surface area contributed by atoms with E-state index in [0.29, 0.717) is 0 Å². The lowest BCUT2D eigenvalue weighted by molar-refractivity contribution is 1.29. The summed E-state index contributed by atoms with van der Waals surface area (Å²) >= 11 is 4.34. The number of aromatic nitrogens is 1. The summed E-state index contributed by atoms with van der Waals surface area (Å²) in [5.41, 5.74) is 0.967. The molecule has 1 heterocycles. The molecule has 14 heavy (non-hydrogen) atoms. The van der Waals surface area contributed by atoms with Gasteiger partial charge in [0.05, 0.1) is 5.69 Å². The molecule has 0 saturated heterocycles. The highest BCUT2D eigenvalue weighted by Gasteiger charge is 1.97. The number of thiol groups is 1. The lowest BCUT2D eigenvalue weighted by Crippen LogP contribution is -1.92. The highest BCUT2D eigenvalue weighted by Crippen LogP contribution is 2.21. The number of pyridine rings is 1. The first-order valence-electron chi connectivity index (χ1n) is 4.32. The van der Waals surface area contributed by atoms with Gasteiger partial charge in [0.1, 0.15) is 5.82 Å². The van der Waals surface area contributed by atoms with E-state index in [1.165, 1.54) is 0 Å². The Bertz CT molecular complexity index is 415. The SMILES string of the molecule is Sc1ccccc1Nc1ccccn1. The van der Waals surface area contributed by atoms with Crippen LogP contribution in [0.1, 0.15) is 0 Å². The fraction of sp³-hybridized carbons (Fsp3) is 0. The summed E-state index contributed by atoms with van der Waals surface area (Å²) in [7, 11) is 0. The number of nitrogens with zero attached hydrogens (tertiary/aromatic N) is 1. The van der Waals surface area contributed by atoms with Gasteiger partial charge >= 0.3 is 0 Å². The van der Waals surface area contributed by atoms with E-state index in [1.807, 2.05) is 42.5 Å². The maximum Gasteiger partial charge on any atom is 0.130 e. The first-order chi connectivity index (χ1) is 6.86. The number of nitrogens with one attached hydrogen (secondary N) is 1. The van der Waals surface area contributed by atoms with Gasteiger partial charge in [-0.25, -0.2) is 4.98 Å². The van der Waals surface area contributed by atoms with E-state index < -0.39 is 0 Å². The zero-order valence-electron chi connectivity index (χ0n) is 7.51. The molecule has 1 N–H and O–H groups in total. The Morgan fingerprint density at radius 3 is 2.50 bits per heavy atom. The van der Waals surface area contributed by atoms with E-state index >= 15 is 0 Å². The second-order valence-corrected chi connectivity index (χ2v) is 3.34. The molecule has 2 aromatic rings. The van der Waals surface area contributed by atoms with Crippen molar-refractivity contribution in [3.8, 4) is 0 Å². The van der Waals surface area contributed by atoms with Gasteiger partial charge in [0, 0.05) is 11.1 Å². The first kappa shape index (κ1) is 9.09. The number of rotatable bonds is 2. The third kappa shape index (κ3) is 2.06. The van der Waals surface area contributed by atoms with E-state index in [2.05, 4.69) is 22.9 Å². The molecule has 0 fully saturated rings. The minimum absolute atomic E-state index is 0.828. The minimum atomic E-state index is 0.828. The van der Waals surface area contributed by atoms with Gasteiger partial charge in [0.2, 0.25) is 0 Å². The smallest absolute Gasteiger partial charge is 0.130 e. The summed E-state index contributed by atoms with van der Waals surface area (Å²) in [6.07, 6.45) is 1.75. The van der Waals surface area contributed by atoms with Crippen molar-refractivity contribution in [2.75, 3.05) is 5.32 Å². The summed E-state index contributed by atoms with van der Waals surface area (Å²) in [5, 5.41) is 3.18. The lowest BCUT2D eigenvalue weighted by atomic mass is 10.3. The molecule has 0 aliphatic rings. The molecule has 1 aromatic carbocycles. The van der Waals surface area contributed by atoms with Crippen molar-refractivity contribution in [2.24, 2.45) is 0 Å². The van der Waals surface area contributed by atoms with E-state index in [0.717, 1.165) is 16.4 Å². The van der Waals surface area contributed by atoms with Crippen LogP contribution in [0.15, 0.2) is 53.6 Å². The Hall–Kier alpha value is -1.48. The van der Waals surface area contributed by atoms with E-state index in [9.17, 15) is 0 Å². The molecule has 3 heteroatoms. The fourth-order valence-electron chi connectivity index (χ4n) is 1.15. The molecule has 0 bridgehead atoms. The van der Waals surface area contributed by atoms with Crippen LogP contribution >= 0.6 is 12.6 Å². The highest BCUT2D eigenvalue weighted by molar-refractivity contribution is 7.80. The van der Waals surface area contributed by atoms with Crippen LogP contribution in [0.2, 0.25) is 0 Å². The Morgan fingerprint density at radius 1 is 1.00 bits per heavy atom. The Morgan fingerprint density at radius 2 is 1.79 bits per heavy atom. The van der Waals surface area contributed by atoms with Crippen molar-refractivity contribution >= 4 is 24.1 Å². The van der Waals surface area contributed by atoms with Crippen LogP contribution in [-0.2, 0) is 0 Å². The van der Waals surface area contributed by atoms with Crippen LogP contribution in [0.5, 0.6) is 0 Å². The third-order valence-corrected chi connectivity index (χ3v) is 2.22. The molecular formula is C11H10N2S. The topological polar surface area (TPSA) is 24.9 Å². The van der Waals surface area contributed by atoms with E-state index in [1.54, 1.807) is 6.20 Å². The van der Waals surface area contributed by atoms with Crippen LogP contribution in [-0.4, -0.2) is 4.98 Å². The number of benzene rings is 1. The average molecular weight is 202 g/mol. The number of hydrogen-bond acceptors (Lipinski definition) is 3. The highest BCUT2D eigenvalue weighted by atomic mass is 32.1. The maximum absolute atomic E-state index is 4.34. The minimum Gasteiger partial charge on any atom is -0.339 e. The Balaban J connectivity index is 2.24. The number of para-hydroxylation sites is 1. The summed E-state index contributed by atoms with van der Waals surface area (Å²) in [5.74, 6) is 0.828. The van der Waals surface area contributed by atoms with Gasteiger partial charge < -0.3 is 5.32 Å². The molecule has 0 aliphatic carbocycles. The monoisotopic (exact) mass is 202 g/mol. The van der Waals surface area contributed by atoms with Crippen molar-refractivity contribution in [2.45, 2.75) is 4.90 Å². The normalized spacial score (nSPS) is 9.79. The molecule has 0 saturated carbocycles. The van der Waals surface area contributed by atoms with Crippen molar-refractivity contribution in [1.82, 2.24) is 4.98 Å². The first-order valence-corrected chi connectivity index (χ1v) is 4.77. The van der Waals surface area contributed by atoms with Crippen LogP contribution in [0.25, 0.3) is 0 Å². The predicted octanol–water partition coefficient (Wildman–Crippen LogP) is 3.11. The molecule has 70 valence electrons. The maximum atomic E-state index is 4.34. The predicted molar refractivity (Wildman–Crippen MR) is 61.2 cm³/mol. The van der Waals surface area contributed by atoms with Gasteiger partial charge in [0.25, 0.3) is 0 Å². The van der Waals surface area contributed by atoms with Gasteiger partial charge in [-0.15, -0.1) is 12.6 Å². The fourth-order valence-corrected chi connectivity index (χ4v) is 1.37. The average Bonchev–Trinajstić information content (AvgIpc) is 2.23. The van der Waals surface area contributed by atoms with Gasteiger partial charge in [-0.05, 0) is 24.3 Å². The molecule has 2 nitrogen and oxygen atoms in total. The molecule has 0 atom stereocenters. The number of anilines is 2. The molecule has 0 radical (unpaired) electrons. The standard InChI is InChI=1S/C11H10N2S/c14-10-6-2-1-5-9(10)13-11-7-3-4-8-12-11/h1-8,14H,(H,12,13). The van der Waals surface area contributed by atoms with Crippen molar-refractivity contribution < 1.29 is 0 Å². The molecule has 0 amide bonds. The Kier molecular flexibility index (Phi) is 2.70. The quantitative estimate of drug-likeness (QED) is 0.731. The largest absolute Gasteiger partial charge is 0.339 e. The van der Waals surface area contributed by atoms with Gasteiger partial charge in [0.15, 0.2) is 0 Å². The molecule has 0 unspecified atom stereocenters. The molecule has 0 spiro atoms. The van der Waals surface area contributed by atoms with Gasteiger partial charge in [-0.2, -0.15) is 0 Å². The van der Waals surface area contributed by atoms with Crippen LogP contribution in [0.3, 0.4) is 0 Å². The van der Waals surface area contributed by atoms with Gasteiger partial charge in [-0.3, -0.25) is 0 Å². The number of hydrogen-bond donors (Lipinski definition) is 2. The summed E-state index contributed by atoms with van der Waals surface area (Å²) in [6.45, 7) is 0. The van der Waals surface area contributed by atoms with Crippen molar-refractivity contribution in [1.29, 1.82) is 0 Å². The second kappa shape index (κ2) is 4.15. The summed E-state index contributed by atoms with van der Waals surface area (Å²) < 4.78 is 0. The van der Waals surface area contributed by atoms with Crippen LogP contribution in [0.4, 0.5) is 11.5 Å². The second-order valence-electron chi connectivity index (χ2n) is 2.86. The zero-order valence-corrected chi connectivity index (χ0v) is 8.41. The van der Waals surface area contributed by atoms with Crippen LogP contribution < -0.4 is 5.32 Å². The molecule has 2 rings (SSSR count). The molecule has 1 aromatic heterocycles. The zero-order chi connectivity index (χ0) is 9.80. The van der Waals surface area contributed by atoms with E-state index in [-0.39, 0.29) is 0 Å². The summed E-state index contributed by atoms with van der Waals surface area (Å²) in [6, 6.07) is 13.6.